The number of aryl methyl sites for hydroxylation is 1. The molecule has 21 heavy (non-hydrogen) atoms. The van der Waals surface area contributed by atoms with Crippen molar-refractivity contribution in [3.05, 3.63) is 42.5 Å². The van der Waals surface area contributed by atoms with E-state index >= 15 is 0 Å². The van der Waals surface area contributed by atoms with Gasteiger partial charge in [-0.25, -0.2) is 22.2 Å². The normalized spacial score (nSPS) is 11.6. The van der Waals surface area contributed by atoms with Gasteiger partial charge >= 0.3 is 0 Å². The fraction of sp³-hybridized carbons (Fsp3) is 0.250. The lowest BCUT2D eigenvalue weighted by atomic mass is 10.3. The molecule has 0 fully saturated rings. The predicted octanol–water partition coefficient (Wildman–Crippen LogP) is 2.56. The van der Waals surface area contributed by atoms with Crippen molar-refractivity contribution in [2.75, 3.05) is 6.61 Å². The van der Waals surface area contributed by atoms with Gasteiger partial charge in [-0.1, -0.05) is 0 Å². The van der Waals surface area contributed by atoms with Crippen molar-refractivity contribution in [3.8, 4) is 5.75 Å². The van der Waals surface area contributed by atoms with E-state index in [0.717, 1.165) is 0 Å². The number of aromatic nitrogens is 2. The number of hydrogen-bond acceptors (Lipinski definition) is 4. The third-order valence-corrected chi connectivity index (χ3v) is 3.93. The average molecular weight is 337 g/mol. The lowest BCUT2D eigenvalue weighted by molar-refractivity contribution is 0.279. The van der Waals surface area contributed by atoms with Crippen molar-refractivity contribution in [2.24, 2.45) is 0 Å². The molecule has 0 saturated carbocycles. The van der Waals surface area contributed by atoms with E-state index in [4.69, 9.17) is 15.4 Å². The van der Waals surface area contributed by atoms with Crippen molar-refractivity contribution in [1.29, 1.82) is 0 Å². The Balaban J connectivity index is 2.08. The Morgan fingerprint density at radius 3 is 2.71 bits per heavy atom. The summed E-state index contributed by atoms with van der Waals surface area (Å²) in [5.41, 5.74) is 0. The van der Waals surface area contributed by atoms with E-state index in [9.17, 15) is 17.2 Å². The highest BCUT2D eigenvalue weighted by molar-refractivity contribution is 8.13. The van der Waals surface area contributed by atoms with E-state index in [1.807, 2.05) is 0 Å². The van der Waals surface area contributed by atoms with E-state index < -0.39 is 31.3 Å². The molecule has 0 bridgehead atoms. The van der Waals surface area contributed by atoms with Crippen molar-refractivity contribution in [3.63, 3.8) is 0 Å². The molecular weight excluding hydrogens is 326 g/mol. The Morgan fingerprint density at radius 2 is 2.10 bits per heavy atom. The number of ether oxygens (including phenoxy) is 1. The van der Waals surface area contributed by atoms with Gasteiger partial charge in [-0.05, 0) is 12.5 Å². The second kappa shape index (κ2) is 6.40. The minimum Gasteiger partial charge on any atom is -0.489 e. The van der Waals surface area contributed by atoms with Crippen LogP contribution >= 0.6 is 10.7 Å². The summed E-state index contributed by atoms with van der Waals surface area (Å²) < 4.78 is 56.2. The Morgan fingerprint density at radius 1 is 1.33 bits per heavy atom. The van der Waals surface area contributed by atoms with Crippen LogP contribution in [0.15, 0.2) is 35.7 Å². The Labute approximate surface area is 124 Å². The molecule has 1 aromatic heterocycles. The summed E-state index contributed by atoms with van der Waals surface area (Å²) in [5.74, 6) is -2.73. The fourth-order valence-corrected chi connectivity index (χ4v) is 2.67. The quantitative estimate of drug-likeness (QED) is 0.601. The molecule has 1 aromatic carbocycles. The molecule has 9 heteroatoms. The first kappa shape index (κ1) is 15.7. The fourth-order valence-electron chi connectivity index (χ4n) is 1.70. The SMILES string of the molecule is O=S(=O)(Cl)c1cc(F)cc(F)c1OCCCn1ccnc1. The van der Waals surface area contributed by atoms with E-state index in [-0.39, 0.29) is 6.61 Å². The van der Waals surface area contributed by atoms with Gasteiger partial charge in [0, 0.05) is 35.7 Å². The molecule has 1 heterocycles. The molecule has 0 N–H and O–H groups in total. The minimum absolute atomic E-state index is 0.0418. The van der Waals surface area contributed by atoms with E-state index in [2.05, 4.69) is 4.98 Å². The van der Waals surface area contributed by atoms with Crippen LogP contribution in [0.2, 0.25) is 0 Å². The molecule has 2 rings (SSSR count). The molecule has 0 radical (unpaired) electrons. The molecule has 0 aliphatic heterocycles. The van der Waals surface area contributed by atoms with E-state index in [1.165, 1.54) is 0 Å². The molecule has 0 saturated heterocycles. The first-order valence-electron chi connectivity index (χ1n) is 5.90. The lowest BCUT2D eigenvalue weighted by Gasteiger charge is -2.11. The lowest BCUT2D eigenvalue weighted by Crippen LogP contribution is -2.07. The van der Waals surface area contributed by atoms with Crippen LogP contribution in [0.3, 0.4) is 0 Å². The Bertz CT molecular complexity index is 720. The molecule has 0 aliphatic rings. The summed E-state index contributed by atoms with van der Waals surface area (Å²) in [6.45, 7) is 0.603. The van der Waals surface area contributed by atoms with Crippen LogP contribution in [0.5, 0.6) is 5.75 Å². The van der Waals surface area contributed by atoms with Gasteiger partial charge in [-0.3, -0.25) is 0 Å². The van der Waals surface area contributed by atoms with Gasteiger partial charge in [0.2, 0.25) is 0 Å². The highest BCUT2D eigenvalue weighted by Crippen LogP contribution is 2.31. The summed E-state index contributed by atoms with van der Waals surface area (Å²) in [5, 5.41) is 0. The number of benzene rings is 1. The van der Waals surface area contributed by atoms with Crippen LogP contribution in [-0.4, -0.2) is 24.6 Å². The zero-order valence-electron chi connectivity index (χ0n) is 10.7. The van der Waals surface area contributed by atoms with Gasteiger partial charge in [0.1, 0.15) is 10.7 Å². The monoisotopic (exact) mass is 336 g/mol. The molecule has 0 aliphatic carbocycles. The summed E-state index contributed by atoms with van der Waals surface area (Å²) in [6, 6.07) is 1.16. The third-order valence-electron chi connectivity index (χ3n) is 2.60. The van der Waals surface area contributed by atoms with Gasteiger partial charge in [0.25, 0.3) is 9.05 Å². The van der Waals surface area contributed by atoms with E-state index in [0.29, 0.717) is 25.1 Å². The van der Waals surface area contributed by atoms with Crippen LogP contribution in [-0.2, 0) is 15.6 Å². The maximum Gasteiger partial charge on any atom is 0.265 e. The summed E-state index contributed by atoms with van der Waals surface area (Å²) in [7, 11) is 0.841. The molecule has 5 nitrogen and oxygen atoms in total. The van der Waals surface area contributed by atoms with Gasteiger partial charge < -0.3 is 9.30 Å². The van der Waals surface area contributed by atoms with Crippen LogP contribution in [0.4, 0.5) is 8.78 Å². The second-order valence-electron chi connectivity index (χ2n) is 4.16. The zero-order chi connectivity index (χ0) is 15.5. The number of halogens is 3. The largest absolute Gasteiger partial charge is 0.489 e. The number of hydrogen-bond donors (Lipinski definition) is 0. The van der Waals surface area contributed by atoms with Crippen LogP contribution < -0.4 is 4.74 Å². The topological polar surface area (TPSA) is 61.2 Å². The number of rotatable bonds is 6. The van der Waals surface area contributed by atoms with Crippen LogP contribution in [0.25, 0.3) is 0 Å². The Kier molecular flexibility index (Phi) is 4.79. The summed E-state index contributed by atoms with van der Waals surface area (Å²) in [6.07, 6.45) is 5.44. The summed E-state index contributed by atoms with van der Waals surface area (Å²) in [4.78, 5) is 3.13. The highest BCUT2D eigenvalue weighted by Gasteiger charge is 2.22. The van der Waals surface area contributed by atoms with Gasteiger partial charge in [-0.15, -0.1) is 0 Å². The molecular formula is C12H11ClF2N2O3S. The van der Waals surface area contributed by atoms with Crippen molar-refractivity contribution in [2.45, 2.75) is 17.9 Å². The maximum atomic E-state index is 13.6. The molecule has 0 spiro atoms. The zero-order valence-corrected chi connectivity index (χ0v) is 12.2. The smallest absolute Gasteiger partial charge is 0.265 e. The van der Waals surface area contributed by atoms with Gasteiger partial charge in [-0.2, -0.15) is 0 Å². The second-order valence-corrected chi connectivity index (χ2v) is 6.69. The molecule has 114 valence electrons. The molecule has 0 unspecified atom stereocenters. The highest BCUT2D eigenvalue weighted by atomic mass is 35.7. The number of imidazole rings is 1. The molecule has 0 atom stereocenters. The Hall–Kier alpha value is -1.67. The van der Waals surface area contributed by atoms with Crippen LogP contribution in [0.1, 0.15) is 6.42 Å². The first-order chi connectivity index (χ1) is 9.88. The maximum absolute atomic E-state index is 13.6. The average Bonchev–Trinajstić information content (AvgIpc) is 2.87. The first-order valence-corrected chi connectivity index (χ1v) is 8.21. The minimum atomic E-state index is -4.31. The van der Waals surface area contributed by atoms with Gasteiger partial charge in [0.05, 0.1) is 12.9 Å². The van der Waals surface area contributed by atoms with Crippen molar-refractivity contribution >= 4 is 19.7 Å². The molecule has 0 amide bonds. The number of nitrogens with zero attached hydrogens (tertiary/aromatic N) is 2. The van der Waals surface area contributed by atoms with Crippen LogP contribution in [0, 0.1) is 11.6 Å². The molecule has 2 aromatic rings. The van der Waals surface area contributed by atoms with Crippen molar-refractivity contribution in [1.82, 2.24) is 9.55 Å². The predicted molar refractivity (Wildman–Crippen MR) is 71.7 cm³/mol. The summed E-state index contributed by atoms with van der Waals surface area (Å²) >= 11 is 0. The van der Waals surface area contributed by atoms with E-state index in [1.54, 1.807) is 23.3 Å². The van der Waals surface area contributed by atoms with Gasteiger partial charge in [0.15, 0.2) is 11.6 Å². The van der Waals surface area contributed by atoms with Crippen molar-refractivity contribution < 1.29 is 21.9 Å². The third kappa shape index (κ3) is 4.15. The standard InChI is InChI=1S/C12H11ClF2N2O3S/c13-21(18,19)11-7-9(14)6-10(15)12(11)20-5-1-3-17-4-2-16-8-17/h2,4,6-8H,1,3,5H2.